The summed E-state index contributed by atoms with van der Waals surface area (Å²) in [6.07, 6.45) is 6.73. The standard InChI is InChI=1S/C28H31N3O5/c1-3-17-36-23-8-5-7-21(18-23)26(32)24-25(20-9-11-22(12-10-20)35-4-2)31(28(34)27(24)33)15-6-14-30-16-13-29-19-30/h5,7-13,16,18-19,25,32H,3-4,6,14-15,17H2,1-2H3. The number of likely N-dealkylation sites (tertiary alicyclic amines) is 1. The van der Waals surface area contributed by atoms with E-state index in [2.05, 4.69) is 4.98 Å². The van der Waals surface area contributed by atoms with Gasteiger partial charge in [0.2, 0.25) is 0 Å². The molecule has 8 heteroatoms. The van der Waals surface area contributed by atoms with Crippen LogP contribution in [0.1, 0.15) is 43.9 Å². The number of amides is 1. The van der Waals surface area contributed by atoms with E-state index in [1.807, 2.05) is 48.9 Å². The topological polar surface area (TPSA) is 93.9 Å². The molecule has 1 atom stereocenters. The molecule has 4 rings (SSSR count). The molecule has 1 N–H and O–H groups in total. The van der Waals surface area contributed by atoms with Crippen molar-refractivity contribution in [3.63, 3.8) is 0 Å². The molecule has 1 aliphatic heterocycles. The van der Waals surface area contributed by atoms with Crippen LogP contribution in [-0.4, -0.2) is 51.0 Å². The predicted octanol–water partition coefficient (Wildman–Crippen LogP) is 4.58. The molecule has 188 valence electrons. The molecule has 0 spiro atoms. The Hall–Kier alpha value is -4.07. The van der Waals surface area contributed by atoms with E-state index < -0.39 is 17.7 Å². The van der Waals surface area contributed by atoms with Crippen LogP contribution in [0.5, 0.6) is 11.5 Å². The minimum Gasteiger partial charge on any atom is -0.507 e. The van der Waals surface area contributed by atoms with Gasteiger partial charge in [0.05, 0.1) is 31.2 Å². The predicted molar refractivity (Wildman–Crippen MR) is 136 cm³/mol. The molecule has 1 unspecified atom stereocenters. The van der Waals surface area contributed by atoms with Crippen LogP contribution in [0.25, 0.3) is 5.76 Å². The normalized spacial score (nSPS) is 16.9. The fourth-order valence-electron chi connectivity index (χ4n) is 4.32. The number of hydrogen-bond acceptors (Lipinski definition) is 6. The molecule has 36 heavy (non-hydrogen) atoms. The Morgan fingerprint density at radius 2 is 1.83 bits per heavy atom. The lowest BCUT2D eigenvalue weighted by Crippen LogP contribution is -2.31. The maximum absolute atomic E-state index is 13.3. The Balaban J connectivity index is 1.71. The number of nitrogens with zero attached hydrogens (tertiary/aromatic N) is 3. The molecule has 1 amide bonds. The van der Waals surface area contributed by atoms with E-state index in [1.54, 1.807) is 36.8 Å². The van der Waals surface area contributed by atoms with E-state index in [0.717, 1.165) is 12.0 Å². The number of ether oxygens (including phenoxy) is 2. The SMILES string of the molecule is CCCOc1cccc(C(O)=C2C(=O)C(=O)N(CCCn3ccnc3)C2c2ccc(OCC)cc2)c1. The first-order valence-corrected chi connectivity index (χ1v) is 12.2. The van der Waals surface area contributed by atoms with Crippen LogP contribution in [0.4, 0.5) is 0 Å². The van der Waals surface area contributed by atoms with Crippen molar-refractivity contribution in [3.05, 3.63) is 84.0 Å². The highest BCUT2D eigenvalue weighted by Crippen LogP contribution is 2.40. The molecule has 8 nitrogen and oxygen atoms in total. The molecule has 2 heterocycles. The third kappa shape index (κ3) is 5.43. The third-order valence-corrected chi connectivity index (χ3v) is 6.00. The molecule has 1 saturated heterocycles. The summed E-state index contributed by atoms with van der Waals surface area (Å²) in [6, 6.07) is 13.5. The van der Waals surface area contributed by atoms with Crippen LogP contribution in [-0.2, 0) is 16.1 Å². The summed E-state index contributed by atoms with van der Waals surface area (Å²) in [6.45, 7) is 5.98. The van der Waals surface area contributed by atoms with Gasteiger partial charge in [0.15, 0.2) is 0 Å². The lowest BCUT2D eigenvalue weighted by Gasteiger charge is -2.25. The summed E-state index contributed by atoms with van der Waals surface area (Å²) in [4.78, 5) is 32.0. The zero-order chi connectivity index (χ0) is 25.5. The second kappa shape index (κ2) is 11.6. The van der Waals surface area contributed by atoms with E-state index in [1.165, 1.54) is 4.90 Å². The Morgan fingerprint density at radius 1 is 1.03 bits per heavy atom. The van der Waals surface area contributed by atoms with E-state index in [-0.39, 0.29) is 11.3 Å². The van der Waals surface area contributed by atoms with Crippen molar-refractivity contribution in [2.75, 3.05) is 19.8 Å². The minimum atomic E-state index is -0.719. The highest BCUT2D eigenvalue weighted by molar-refractivity contribution is 6.46. The van der Waals surface area contributed by atoms with Gasteiger partial charge < -0.3 is 24.0 Å². The lowest BCUT2D eigenvalue weighted by atomic mass is 9.95. The summed E-state index contributed by atoms with van der Waals surface area (Å²) >= 11 is 0. The second-order valence-corrected chi connectivity index (χ2v) is 8.52. The highest BCUT2D eigenvalue weighted by atomic mass is 16.5. The largest absolute Gasteiger partial charge is 0.507 e. The average Bonchev–Trinajstić information content (AvgIpc) is 3.50. The summed E-state index contributed by atoms with van der Waals surface area (Å²) in [7, 11) is 0. The molecule has 1 aliphatic rings. The van der Waals surface area contributed by atoms with Crippen LogP contribution in [0.2, 0.25) is 0 Å². The van der Waals surface area contributed by atoms with Gasteiger partial charge in [-0.3, -0.25) is 9.59 Å². The second-order valence-electron chi connectivity index (χ2n) is 8.52. The van der Waals surface area contributed by atoms with Crippen LogP contribution >= 0.6 is 0 Å². The number of carbonyl (C=O) groups is 2. The zero-order valence-electron chi connectivity index (χ0n) is 20.6. The van der Waals surface area contributed by atoms with Gasteiger partial charge in [-0.15, -0.1) is 0 Å². The molecular formula is C28H31N3O5. The van der Waals surface area contributed by atoms with Crippen molar-refractivity contribution in [3.8, 4) is 11.5 Å². The van der Waals surface area contributed by atoms with Crippen molar-refractivity contribution >= 4 is 17.4 Å². The first-order chi connectivity index (χ1) is 17.5. The first kappa shape index (κ1) is 25.0. The molecule has 2 aromatic carbocycles. The van der Waals surface area contributed by atoms with Crippen molar-refractivity contribution in [1.82, 2.24) is 14.5 Å². The zero-order valence-corrected chi connectivity index (χ0v) is 20.6. The minimum absolute atomic E-state index is 0.0689. The van der Waals surface area contributed by atoms with Gasteiger partial charge in [0.1, 0.15) is 17.3 Å². The van der Waals surface area contributed by atoms with Crippen LogP contribution in [0.3, 0.4) is 0 Å². The number of ketones is 1. The van der Waals surface area contributed by atoms with Crippen LogP contribution in [0.15, 0.2) is 72.8 Å². The summed E-state index contributed by atoms with van der Waals surface area (Å²) < 4.78 is 13.2. The molecule has 0 bridgehead atoms. The van der Waals surface area contributed by atoms with E-state index in [9.17, 15) is 14.7 Å². The third-order valence-electron chi connectivity index (χ3n) is 6.00. The molecule has 0 radical (unpaired) electrons. The summed E-state index contributed by atoms with van der Waals surface area (Å²) in [5.41, 5.74) is 1.22. The number of rotatable bonds is 11. The monoisotopic (exact) mass is 489 g/mol. The number of imidazole rings is 1. The molecule has 0 saturated carbocycles. The van der Waals surface area contributed by atoms with Crippen molar-refractivity contribution in [1.29, 1.82) is 0 Å². The van der Waals surface area contributed by atoms with E-state index in [0.29, 0.717) is 49.8 Å². The van der Waals surface area contributed by atoms with Gasteiger partial charge in [-0.05, 0) is 49.6 Å². The number of hydrogen-bond donors (Lipinski definition) is 1. The summed E-state index contributed by atoms with van der Waals surface area (Å²) in [5, 5.41) is 11.3. The van der Waals surface area contributed by atoms with Crippen LogP contribution in [0, 0.1) is 0 Å². The van der Waals surface area contributed by atoms with Crippen molar-refractivity contribution < 1.29 is 24.2 Å². The Bertz CT molecular complexity index is 1220. The van der Waals surface area contributed by atoms with Gasteiger partial charge >= 0.3 is 0 Å². The average molecular weight is 490 g/mol. The quantitative estimate of drug-likeness (QED) is 0.241. The van der Waals surface area contributed by atoms with Crippen LogP contribution < -0.4 is 9.47 Å². The summed E-state index contributed by atoms with van der Waals surface area (Å²) in [5.74, 6) is -0.258. The first-order valence-electron chi connectivity index (χ1n) is 12.2. The van der Waals surface area contributed by atoms with Gasteiger partial charge in [-0.2, -0.15) is 0 Å². The van der Waals surface area contributed by atoms with E-state index in [4.69, 9.17) is 9.47 Å². The van der Waals surface area contributed by atoms with Crippen molar-refractivity contribution in [2.45, 2.75) is 39.3 Å². The smallest absolute Gasteiger partial charge is 0.295 e. The van der Waals surface area contributed by atoms with Gasteiger partial charge in [-0.25, -0.2) is 4.98 Å². The molecular weight excluding hydrogens is 458 g/mol. The molecule has 3 aromatic rings. The molecule has 0 aliphatic carbocycles. The number of aliphatic hydroxyl groups is 1. The maximum atomic E-state index is 13.3. The van der Waals surface area contributed by atoms with Gasteiger partial charge in [-0.1, -0.05) is 31.2 Å². The number of Topliss-reactive ketones (excluding diaryl/α,β-unsaturated/α-hetero) is 1. The number of aliphatic hydroxyl groups excluding tert-OH is 1. The highest BCUT2D eigenvalue weighted by Gasteiger charge is 2.45. The molecule has 1 aromatic heterocycles. The number of benzene rings is 2. The lowest BCUT2D eigenvalue weighted by molar-refractivity contribution is -0.139. The fraction of sp³-hybridized carbons (Fsp3) is 0.321. The van der Waals surface area contributed by atoms with Gasteiger partial charge in [0.25, 0.3) is 11.7 Å². The molecule has 1 fully saturated rings. The Labute approximate surface area is 210 Å². The Kier molecular flexibility index (Phi) is 8.05. The number of aryl methyl sites for hydroxylation is 1. The van der Waals surface area contributed by atoms with Crippen molar-refractivity contribution in [2.24, 2.45) is 0 Å². The Morgan fingerprint density at radius 3 is 2.53 bits per heavy atom. The van der Waals surface area contributed by atoms with E-state index >= 15 is 0 Å². The number of carbonyl (C=O) groups excluding carboxylic acids is 2. The fourth-order valence-corrected chi connectivity index (χ4v) is 4.32. The number of aromatic nitrogens is 2. The maximum Gasteiger partial charge on any atom is 0.295 e. The van der Waals surface area contributed by atoms with Gasteiger partial charge in [0, 0.05) is 31.0 Å².